The summed E-state index contributed by atoms with van der Waals surface area (Å²) in [5.41, 5.74) is 6.86. The lowest BCUT2D eigenvalue weighted by molar-refractivity contribution is 0.378. The Morgan fingerprint density at radius 1 is 1.44 bits per heavy atom. The third-order valence-corrected chi connectivity index (χ3v) is 4.50. The van der Waals surface area contributed by atoms with Crippen LogP contribution in [-0.2, 0) is 0 Å². The van der Waals surface area contributed by atoms with Gasteiger partial charge < -0.3 is 5.73 Å². The topological polar surface area (TPSA) is 51.8 Å². The Labute approximate surface area is 101 Å². The first-order chi connectivity index (χ1) is 7.79. The zero-order valence-corrected chi connectivity index (χ0v) is 10.5. The van der Waals surface area contributed by atoms with E-state index in [1.54, 1.807) is 0 Å². The van der Waals surface area contributed by atoms with Crippen LogP contribution in [0.4, 0.5) is 0 Å². The summed E-state index contributed by atoms with van der Waals surface area (Å²) in [6.45, 7) is 2.80. The summed E-state index contributed by atoms with van der Waals surface area (Å²) in [4.78, 5) is 8.76. The van der Waals surface area contributed by atoms with Crippen molar-refractivity contribution in [3.8, 4) is 0 Å². The van der Waals surface area contributed by atoms with E-state index in [-0.39, 0.29) is 0 Å². The fraction of sp³-hybridized carbons (Fsp3) is 0.667. The van der Waals surface area contributed by atoms with Gasteiger partial charge in [-0.15, -0.1) is 0 Å². The van der Waals surface area contributed by atoms with Crippen molar-refractivity contribution >= 4 is 11.8 Å². The van der Waals surface area contributed by atoms with E-state index in [9.17, 15) is 0 Å². The summed E-state index contributed by atoms with van der Waals surface area (Å²) in [6.07, 6.45) is 7.00. The van der Waals surface area contributed by atoms with Crippen LogP contribution in [0.1, 0.15) is 31.4 Å². The fourth-order valence-electron chi connectivity index (χ4n) is 2.22. The molecule has 0 radical (unpaired) electrons. The highest BCUT2D eigenvalue weighted by atomic mass is 32.2. The lowest BCUT2D eigenvalue weighted by Gasteiger charge is -2.29. The summed E-state index contributed by atoms with van der Waals surface area (Å²) in [5.74, 6) is 0.642. The maximum absolute atomic E-state index is 5.82. The molecule has 0 aliphatic heterocycles. The SMILES string of the molecule is Cc1ccnc(SC2CCCCC2CN)n1. The van der Waals surface area contributed by atoms with Crippen molar-refractivity contribution < 1.29 is 0 Å². The molecule has 0 bridgehead atoms. The average Bonchev–Trinajstić information content (AvgIpc) is 2.30. The van der Waals surface area contributed by atoms with Gasteiger partial charge >= 0.3 is 0 Å². The molecule has 1 aliphatic carbocycles. The van der Waals surface area contributed by atoms with Gasteiger partial charge in [0.05, 0.1) is 0 Å². The third kappa shape index (κ3) is 2.95. The summed E-state index contributed by atoms with van der Waals surface area (Å²) >= 11 is 1.81. The van der Waals surface area contributed by atoms with Gasteiger partial charge in [0.2, 0.25) is 0 Å². The van der Waals surface area contributed by atoms with Gasteiger partial charge in [-0.25, -0.2) is 9.97 Å². The molecule has 3 nitrogen and oxygen atoms in total. The van der Waals surface area contributed by atoms with Crippen LogP contribution in [0.15, 0.2) is 17.4 Å². The van der Waals surface area contributed by atoms with Crippen LogP contribution >= 0.6 is 11.8 Å². The number of nitrogens with two attached hydrogens (primary N) is 1. The Kier molecular flexibility index (Phi) is 4.18. The highest BCUT2D eigenvalue weighted by Gasteiger charge is 2.25. The summed E-state index contributed by atoms with van der Waals surface area (Å²) in [5, 5.41) is 1.52. The maximum Gasteiger partial charge on any atom is 0.188 e. The Bertz CT molecular complexity index is 343. The minimum atomic E-state index is 0.612. The number of rotatable bonds is 3. The van der Waals surface area contributed by atoms with Crippen LogP contribution in [0, 0.1) is 12.8 Å². The molecular weight excluding hydrogens is 218 g/mol. The maximum atomic E-state index is 5.82. The van der Waals surface area contributed by atoms with Gasteiger partial charge in [0.25, 0.3) is 0 Å². The molecule has 1 fully saturated rings. The van der Waals surface area contributed by atoms with Crippen LogP contribution in [0.25, 0.3) is 0 Å². The first-order valence-electron chi connectivity index (χ1n) is 5.96. The molecule has 4 heteroatoms. The van der Waals surface area contributed by atoms with Crippen molar-refractivity contribution in [1.82, 2.24) is 9.97 Å². The second-order valence-electron chi connectivity index (χ2n) is 4.42. The van der Waals surface area contributed by atoms with Gasteiger partial charge in [-0.05, 0) is 38.3 Å². The zero-order valence-electron chi connectivity index (χ0n) is 9.72. The normalized spacial score (nSPS) is 25.6. The molecule has 0 saturated heterocycles. The number of hydrogen-bond acceptors (Lipinski definition) is 4. The van der Waals surface area contributed by atoms with Crippen LogP contribution in [0.2, 0.25) is 0 Å². The minimum Gasteiger partial charge on any atom is -0.330 e. The molecule has 1 heterocycles. The Hall–Kier alpha value is -0.610. The molecule has 1 aliphatic rings. The van der Waals surface area contributed by atoms with E-state index in [2.05, 4.69) is 9.97 Å². The molecule has 0 amide bonds. The van der Waals surface area contributed by atoms with Crippen molar-refractivity contribution in [3.05, 3.63) is 18.0 Å². The fourth-order valence-corrected chi connectivity index (χ4v) is 3.53. The van der Waals surface area contributed by atoms with Gasteiger partial charge in [0.1, 0.15) is 0 Å². The number of nitrogens with zero attached hydrogens (tertiary/aromatic N) is 2. The monoisotopic (exact) mass is 237 g/mol. The zero-order chi connectivity index (χ0) is 11.4. The lowest BCUT2D eigenvalue weighted by atomic mass is 9.89. The Balaban J connectivity index is 2.02. The molecule has 16 heavy (non-hydrogen) atoms. The number of aryl methyl sites for hydroxylation is 1. The van der Waals surface area contributed by atoms with Gasteiger partial charge in [0, 0.05) is 17.1 Å². The first kappa shape index (κ1) is 11.9. The predicted octanol–water partition coefficient (Wildman–Crippen LogP) is 2.39. The molecule has 0 spiro atoms. The number of thioether (sulfide) groups is 1. The second-order valence-corrected chi connectivity index (χ2v) is 5.62. The molecule has 0 aromatic carbocycles. The highest BCUT2D eigenvalue weighted by Crippen LogP contribution is 2.35. The third-order valence-electron chi connectivity index (χ3n) is 3.17. The average molecular weight is 237 g/mol. The van der Waals surface area contributed by atoms with Crippen molar-refractivity contribution in [1.29, 1.82) is 0 Å². The van der Waals surface area contributed by atoms with Crippen molar-refractivity contribution in [3.63, 3.8) is 0 Å². The van der Waals surface area contributed by atoms with E-state index >= 15 is 0 Å². The van der Waals surface area contributed by atoms with E-state index in [4.69, 9.17) is 5.73 Å². The molecule has 1 aromatic rings. The minimum absolute atomic E-state index is 0.612. The molecule has 2 atom stereocenters. The van der Waals surface area contributed by atoms with Crippen LogP contribution in [0.5, 0.6) is 0 Å². The number of aromatic nitrogens is 2. The second kappa shape index (κ2) is 5.64. The lowest BCUT2D eigenvalue weighted by Crippen LogP contribution is -2.28. The first-order valence-corrected chi connectivity index (χ1v) is 6.84. The van der Waals surface area contributed by atoms with Crippen LogP contribution in [-0.4, -0.2) is 21.8 Å². The number of hydrogen-bond donors (Lipinski definition) is 1. The Morgan fingerprint density at radius 2 is 2.25 bits per heavy atom. The summed E-state index contributed by atoms with van der Waals surface area (Å²) in [7, 11) is 0. The molecular formula is C12H19N3S. The van der Waals surface area contributed by atoms with Crippen molar-refractivity contribution in [2.75, 3.05) is 6.54 Å². The quantitative estimate of drug-likeness (QED) is 0.820. The van der Waals surface area contributed by atoms with E-state index in [1.807, 2.05) is 30.9 Å². The molecule has 88 valence electrons. The molecule has 1 saturated carbocycles. The van der Waals surface area contributed by atoms with E-state index < -0.39 is 0 Å². The predicted molar refractivity (Wildman–Crippen MR) is 67.4 cm³/mol. The summed E-state index contributed by atoms with van der Waals surface area (Å²) in [6, 6.07) is 1.94. The van der Waals surface area contributed by atoms with Crippen molar-refractivity contribution in [2.24, 2.45) is 11.7 Å². The van der Waals surface area contributed by atoms with E-state index in [0.717, 1.165) is 17.4 Å². The molecule has 2 rings (SSSR count). The molecule has 1 aromatic heterocycles. The van der Waals surface area contributed by atoms with Crippen LogP contribution in [0.3, 0.4) is 0 Å². The van der Waals surface area contributed by atoms with Gasteiger partial charge in [-0.3, -0.25) is 0 Å². The Morgan fingerprint density at radius 3 is 3.00 bits per heavy atom. The van der Waals surface area contributed by atoms with E-state index in [1.165, 1.54) is 25.7 Å². The molecule has 2 N–H and O–H groups in total. The van der Waals surface area contributed by atoms with Crippen LogP contribution < -0.4 is 5.73 Å². The van der Waals surface area contributed by atoms with Gasteiger partial charge in [-0.2, -0.15) is 0 Å². The largest absolute Gasteiger partial charge is 0.330 e. The van der Waals surface area contributed by atoms with Gasteiger partial charge in [-0.1, -0.05) is 24.6 Å². The van der Waals surface area contributed by atoms with Crippen molar-refractivity contribution in [2.45, 2.75) is 43.0 Å². The van der Waals surface area contributed by atoms with E-state index in [0.29, 0.717) is 11.2 Å². The smallest absolute Gasteiger partial charge is 0.188 e. The molecule has 2 unspecified atom stereocenters. The standard InChI is InChI=1S/C12H19N3S/c1-9-6-7-14-12(15-9)16-11-5-3-2-4-10(11)8-13/h6-7,10-11H,2-5,8,13H2,1H3. The summed E-state index contributed by atoms with van der Waals surface area (Å²) < 4.78 is 0. The highest BCUT2D eigenvalue weighted by molar-refractivity contribution is 7.99. The van der Waals surface area contributed by atoms with Gasteiger partial charge in [0.15, 0.2) is 5.16 Å².